The first-order chi connectivity index (χ1) is 8.75. The van der Waals surface area contributed by atoms with Crippen LogP contribution in [0.15, 0.2) is 24.3 Å². The maximum Gasteiger partial charge on any atom is 0.132 e. The summed E-state index contributed by atoms with van der Waals surface area (Å²) in [5.74, 6) is 0.756. The normalized spacial score (nSPS) is 27.1. The molecule has 3 rings (SSSR count). The Morgan fingerprint density at radius 2 is 1.94 bits per heavy atom. The number of hydrogen-bond donors (Lipinski definition) is 0. The zero-order chi connectivity index (χ0) is 12.5. The molecule has 1 nitrogen and oxygen atoms in total. The highest BCUT2D eigenvalue weighted by atomic mass is 19.1. The van der Waals surface area contributed by atoms with E-state index in [2.05, 4.69) is 24.0 Å². The molecule has 1 aromatic carbocycles. The standard InChI is InChI=1S/C16H20FN/c1-12-7-9-13(10-8-12)18-11-3-4-14-15(17)5-2-6-16(14)18/h2-6,12-13H,7-11H2,1H3. The minimum atomic E-state index is -0.0994. The predicted octanol–water partition coefficient (Wildman–Crippen LogP) is 4.24. The van der Waals surface area contributed by atoms with Crippen molar-refractivity contribution in [1.29, 1.82) is 0 Å². The topological polar surface area (TPSA) is 3.24 Å². The minimum absolute atomic E-state index is 0.0994. The van der Waals surface area contributed by atoms with E-state index in [0.29, 0.717) is 6.04 Å². The highest BCUT2D eigenvalue weighted by Gasteiger charge is 2.26. The van der Waals surface area contributed by atoms with Crippen LogP contribution in [0.1, 0.15) is 38.2 Å². The van der Waals surface area contributed by atoms with Gasteiger partial charge in [0.25, 0.3) is 0 Å². The quantitative estimate of drug-likeness (QED) is 0.715. The molecule has 1 aliphatic carbocycles. The van der Waals surface area contributed by atoms with Crippen LogP contribution in [0.5, 0.6) is 0 Å². The van der Waals surface area contributed by atoms with Crippen LogP contribution < -0.4 is 4.90 Å². The third kappa shape index (κ3) is 2.05. The highest BCUT2D eigenvalue weighted by Crippen LogP contribution is 2.35. The molecule has 1 heterocycles. The lowest BCUT2D eigenvalue weighted by molar-refractivity contribution is 0.337. The van der Waals surface area contributed by atoms with Crippen LogP contribution in [0.2, 0.25) is 0 Å². The minimum Gasteiger partial charge on any atom is -0.364 e. The van der Waals surface area contributed by atoms with Crippen molar-refractivity contribution in [3.8, 4) is 0 Å². The average molecular weight is 245 g/mol. The van der Waals surface area contributed by atoms with Gasteiger partial charge in [-0.25, -0.2) is 4.39 Å². The molecule has 1 fully saturated rings. The molecule has 0 aromatic heterocycles. The van der Waals surface area contributed by atoms with E-state index >= 15 is 0 Å². The van der Waals surface area contributed by atoms with Gasteiger partial charge in [-0.3, -0.25) is 0 Å². The molecule has 2 heteroatoms. The van der Waals surface area contributed by atoms with Crippen LogP contribution in [0, 0.1) is 11.7 Å². The summed E-state index contributed by atoms with van der Waals surface area (Å²) in [4.78, 5) is 2.39. The van der Waals surface area contributed by atoms with Crippen molar-refractivity contribution in [3.05, 3.63) is 35.7 Å². The van der Waals surface area contributed by atoms with E-state index in [4.69, 9.17) is 0 Å². The number of nitrogens with zero attached hydrogens (tertiary/aromatic N) is 1. The van der Waals surface area contributed by atoms with E-state index in [9.17, 15) is 4.39 Å². The van der Waals surface area contributed by atoms with E-state index in [1.165, 1.54) is 25.7 Å². The molecule has 1 aliphatic heterocycles. The van der Waals surface area contributed by atoms with Crippen LogP contribution in [-0.2, 0) is 0 Å². The fourth-order valence-electron chi connectivity index (χ4n) is 3.22. The lowest BCUT2D eigenvalue weighted by atomic mass is 9.86. The second-order valence-electron chi connectivity index (χ2n) is 5.64. The number of benzene rings is 1. The number of fused-ring (bicyclic) bond motifs is 1. The van der Waals surface area contributed by atoms with E-state index in [1.54, 1.807) is 6.07 Å². The van der Waals surface area contributed by atoms with Gasteiger partial charge in [-0.15, -0.1) is 0 Å². The Balaban J connectivity index is 1.87. The molecule has 96 valence electrons. The lowest BCUT2D eigenvalue weighted by Crippen LogP contribution is -2.39. The van der Waals surface area contributed by atoms with Gasteiger partial charge in [-0.1, -0.05) is 25.1 Å². The van der Waals surface area contributed by atoms with Gasteiger partial charge in [0, 0.05) is 23.8 Å². The number of rotatable bonds is 1. The second-order valence-corrected chi connectivity index (χ2v) is 5.64. The molecule has 2 aliphatic rings. The summed E-state index contributed by atoms with van der Waals surface area (Å²) in [5.41, 5.74) is 1.85. The highest BCUT2D eigenvalue weighted by molar-refractivity contribution is 5.72. The van der Waals surface area contributed by atoms with Crippen LogP contribution in [0.3, 0.4) is 0 Å². The predicted molar refractivity (Wildman–Crippen MR) is 74.2 cm³/mol. The van der Waals surface area contributed by atoms with E-state index < -0.39 is 0 Å². The molecule has 0 N–H and O–H groups in total. The third-order valence-corrected chi connectivity index (χ3v) is 4.35. The molecule has 1 saturated carbocycles. The molecule has 1 aromatic rings. The molecule has 0 atom stereocenters. The fraction of sp³-hybridized carbons (Fsp3) is 0.500. The van der Waals surface area contributed by atoms with Gasteiger partial charge < -0.3 is 4.90 Å². The summed E-state index contributed by atoms with van der Waals surface area (Å²) >= 11 is 0. The first kappa shape index (κ1) is 11.8. The average Bonchev–Trinajstić information content (AvgIpc) is 2.40. The van der Waals surface area contributed by atoms with Crippen molar-refractivity contribution in [2.45, 2.75) is 38.6 Å². The van der Waals surface area contributed by atoms with E-state index in [1.807, 2.05) is 12.1 Å². The second kappa shape index (κ2) is 4.75. The summed E-state index contributed by atoms with van der Waals surface area (Å²) in [6, 6.07) is 6.02. The van der Waals surface area contributed by atoms with Crippen molar-refractivity contribution in [2.75, 3.05) is 11.4 Å². The number of halogens is 1. The summed E-state index contributed by atoms with van der Waals surface area (Å²) in [7, 11) is 0. The number of anilines is 1. The van der Waals surface area contributed by atoms with E-state index in [0.717, 1.165) is 23.7 Å². The zero-order valence-electron chi connectivity index (χ0n) is 10.9. The smallest absolute Gasteiger partial charge is 0.132 e. The van der Waals surface area contributed by atoms with Gasteiger partial charge in [0.05, 0.1) is 0 Å². The van der Waals surface area contributed by atoms with Gasteiger partial charge >= 0.3 is 0 Å². The Labute approximate surface area is 108 Å². The summed E-state index contributed by atoms with van der Waals surface area (Å²) < 4.78 is 13.8. The van der Waals surface area contributed by atoms with Crippen molar-refractivity contribution in [1.82, 2.24) is 0 Å². The maximum atomic E-state index is 13.8. The van der Waals surface area contributed by atoms with Gasteiger partial charge in [-0.05, 0) is 43.7 Å². The molecule has 0 saturated heterocycles. The Morgan fingerprint density at radius 3 is 2.72 bits per heavy atom. The SMILES string of the molecule is CC1CCC(N2CC=Cc3c(F)cccc32)CC1. The van der Waals surface area contributed by atoms with Crippen LogP contribution in [0.4, 0.5) is 10.1 Å². The lowest BCUT2D eigenvalue weighted by Gasteiger charge is -2.39. The molecule has 0 spiro atoms. The Hall–Kier alpha value is -1.31. The fourth-order valence-corrected chi connectivity index (χ4v) is 3.22. The van der Waals surface area contributed by atoms with Crippen LogP contribution >= 0.6 is 0 Å². The Kier molecular flexibility index (Phi) is 3.11. The molecule has 18 heavy (non-hydrogen) atoms. The Bertz CT molecular complexity index is 458. The number of hydrogen-bond acceptors (Lipinski definition) is 1. The first-order valence-corrected chi connectivity index (χ1v) is 6.97. The molecule has 0 bridgehead atoms. The van der Waals surface area contributed by atoms with Crippen molar-refractivity contribution < 1.29 is 4.39 Å². The van der Waals surface area contributed by atoms with Gasteiger partial charge in [0.1, 0.15) is 5.82 Å². The molecular weight excluding hydrogens is 225 g/mol. The van der Waals surface area contributed by atoms with E-state index in [-0.39, 0.29) is 5.82 Å². The summed E-state index contributed by atoms with van der Waals surface area (Å²) in [5, 5.41) is 0. The molecule has 0 radical (unpaired) electrons. The van der Waals surface area contributed by atoms with Crippen LogP contribution in [-0.4, -0.2) is 12.6 Å². The summed E-state index contributed by atoms with van der Waals surface area (Å²) in [6.07, 6.45) is 9.09. The zero-order valence-corrected chi connectivity index (χ0v) is 10.9. The van der Waals surface area contributed by atoms with Crippen LogP contribution in [0.25, 0.3) is 6.08 Å². The van der Waals surface area contributed by atoms with Crippen molar-refractivity contribution in [2.24, 2.45) is 5.92 Å². The molecular formula is C16H20FN. The van der Waals surface area contributed by atoms with Gasteiger partial charge in [0.15, 0.2) is 0 Å². The maximum absolute atomic E-state index is 13.8. The van der Waals surface area contributed by atoms with Crippen molar-refractivity contribution >= 4 is 11.8 Å². The first-order valence-electron chi connectivity index (χ1n) is 6.97. The van der Waals surface area contributed by atoms with Crippen molar-refractivity contribution in [3.63, 3.8) is 0 Å². The largest absolute Gasteiger partial charge is 0.364 e. The molecule has 0 unspecified atom stereocenters. The monoisotopic (exact) mass is 245 g/mol. The summed E-state index contributed by atoms with van der Waals surface area (Å²) in [6.45, 7) is 3.26. The molecule has 0 amide bonds. The Morgan fingerprint density at radius 1 is 1.17 bits per heavy atom. The van der Waals surface area contributed by atoms with Gasteiger partial charge in [0.2, 0.25) is 0 Å². The van der Waals surface area contributed by atoms with Gasteiger partial charge in [-0.2, -0.15) is 0 Å². The third-order valence-electron chi connectivity index (χ3n) is 4.35.